The molecular weight excluding hydrogens is 904 g/mol. The summed E-state index contributed by atoms with van der Waals surface area (Å²) in [5.74, 6) is 0. The van der Waals surface area contributed by atoms with Gasteiger partial charge < -0.3 is 48.3 Å². The number of aryl methyl sites for hydroxylation is 2. The molecule has 4 aliphatic heterocycles. The molecule has 6 rings (SSSR count). The van der Waals surface area contributed by atoms with Crippen LogP contribution in [-0.2, 0) is 40.8 Å². The van der Waals surface area contributed by atoms with Crippen molar-refractivity contribution in [2.75, 3.05) is 39.5 Å². The van der Waals surface area contributed by atoms with Gasteiger partial charge in [0.25, 0.3) is 0 Å². The normalized spacial score (nSPS) is 15.6. The van der Waals surface area contributed by atoms with Crippen LogP contribution in [0, 0.1) is 33.0 Å². The predicted octanol–water partition coefficient (Wildman–Crippen LogP) is 7.69. The first-order chi connectivity index (χ1) is 27.9. The van der Waals surface area contributed by atoms with Gasteiger partial charge in [0.15, 0.2) is 0 Å². The first-order valence-corrected chi connectivity index (χ1v) is 22.2. The van der Waals surface area contributed by atoms with Crippen molar-refractivity contribution in [2.45, 2.75) is 138 Å². The molecule has 0 bridgehead atoms. The van der Waals surface area contributed by atoms with Gasteiger partial charge in [-0.05, 0) is 127 Å². The standard InChI is InChI=1S/2C15H26N4.C15H25N4.Pt/c3*1-3-5-7-16-9-11-18(13-16)15-19-12-10-17(14-19)8-6-4-2;/h2*9-14H,3-8,15H2,1-2H3;9-13H,3-8,15H2,1-2H3;/q2*-2;+1;+4. The van der Waals surface area contributed by atoms with E-state index >= 15 is 0 Å². The van der Waals surface area contributed by atoms with Gasteiger partial charge in [0.05, 0.1) is 13.1 Å². The molecule has 2 aromatic heterocycles. The third-order valence-electron chi connectivity index (χ3n) is 9.99. The van der Waals surface area contributed by atoms with Crippen LogP contribution in [0.25, 0.3) is 0 Å². The Morgan fingerprint density at radius 1 is 0.431 bits per heavy atom. The largest absolute Gasteiger partial charge is 4.00 e. The molecule has 0 N–H and O–H groups in total. The van der Waals surface area contributed by atoms with Crippen LogP contribution < -0.4 is 9.13 Å². The molecular formula is C45H77N12Pt+. The van der Waals surface area contributed by atoms with Gasteiger partial charge >= 0.3 is 21.1 Å². The molecule has 0 aromatic carbocycles. The third-order valence-corrected chi connectivity index (χ3v) is 9.99. The molecule has 326 valence electrons. The Balaban J connectivity index is 0.000000231. The first-order valence-electron chi connectivity index (χ1n) is 22.2. The zero-order valence-corrected chi connectivity index (χ0v) is 39.1. The minimum atomic E-state index is 0. The minimum absolute atomic E-state index is 0. The molecule has 0 amide bonds. The van der Waals surface area contributed by atoms with Gasteiger partial charge in [0, 0.05) is 13.3 Å². The summed E-state index contributed by atoms with van der Waals surface area (Å²) in [6, 6.07) is 0. The molecule has 0 saturated heterocycles. The third kappa shape index (κ3) is 18.6. The van der Waals surface area contributed by atoms with E-state index in [1.54, 1.807) is 0 Å². The molecule has 0 aliphatic carbocycles. The summed E-state index contributed by atoms with van der Waals surface area (Å²) < 4.78 is 8.67. The number of aromatic nitrogens is 4. The maximum atomic E-state index is 3.35. The van der Waals surface area contributed by atoms with Gasteiger partial charge in [-0.15, -0.1) is 0 Å². The summed E-state index contributed by atoms with van der Waals surface area (Å²) in [6.07, 6.45) is 46.1. The van der Waals surface area contributed by atoms with Crippen LogP contribution in [0.3, 0.4) is 0 Å². The van der Waals surface area contributed by atoms with E-state index in [-0.39, 0.29) is 21.1 Å². The molecule has 0 radical (unpaired) electrons. The Hall–Kier alpha value is -3.53. The number of hydrogen-bond acceptors (Lipinski definition) is 8. The smallest absolute Gasteiger partial charge is 0.508 e. The van der Waals surface area contributed by atoms with E-state index in [0.717, 1.165) is 59.3 Å². The van der Waals surface area contributed by atoms with Gasteiger partial charge in [-0.25, -0.2) is 9.13 Å². The quantitative estimate of drug-likeness (QED) is 0.0785. The van der Waals surface area contributed by atoms with Crippen LogP contribution in [0.1, 0.15) is 119 Å². The molecule has 0 saturated carbocycles. The second-order valence-electron chi connectivity index (χ2n) is 15.4. The molecule has 0 spiro atoms. The molecule has 0 unspecified atom stereocenters. The van der Waals surface area contributed by atoms with E-state index in [2.05, 4.69) is 213 Å². The molecule has 6 heterocycles. The average molecular weight is 981 g/mol. The van der Waals surface area contributed by atoms with E-state index in [9.17, 15) is 0 Å². The molecule has 0 atom stereocenters. The van der Waals surface area contributed by atoms with Gasteiger partial charge in [-0.1, -0.05) is 80.1 Å². The molecule has 13 heteroatoms. The van der Waals surface area contributed by atoms with Crippen molar-refractivity contribution in [1.29, 1.82) is 0 Å². The van der Waals surface area contributed by atoms with E-state index in [1.807, 2.05) is 0 Å². The fraction of sp³-hybridized carbons (Fsp3) is 0.600. The van der Waals surface area contributed by atoms with Crippen molar-refractivity contribution in [2.24, 2.45) is 0 Å². The Morgan fingerprint density at radius 2 is 0.793 bits per heavy atom. The maximum Gasteiger partial charge on any atom is 4.00 e. The van der Waals surface area contributed by atoms with E-state index < -0.39 is 0 Å². The van der Waals surface area contributed by atoms with Crippen LogP contribution >= 0.6 is 0 Å². The van der Waals surface area contributed by atoms with Crippen molar-refractivity contribution in [1.82, 2.24) is 48.3 Å². The van der Waals surface area contributed by atoms with Crippen LogP contribution in [0.4, 0.5) is 0 Å². The van der Waals surface area contributed by atoms with Crippen LogP contribution in [-0.4, -0.2) is 87.8 Å². The first kappa shape index (κ1) is 48.8. The van der Waals surface area contributed by atoms with Crippen molar-refractivity contribution in [3.05, 3.63) is 114 Å². The number of unbranched alkanes of at least 4 members (excludes halogenated alkanes) is 6. The summed E-state index contributed by atoms with van der Waals surface area (Å²) in [5.41, 5.74) is 0. The van der Waals surface area contributed by atoms with Gasteiger partial charge in [-0.3, -0.25) is 0 Å². The Bertz CT molecular complexity index is 1290. The maximum absolute atomic E-state index is 3.35. The zero-order valence-electron chi connectivity index (χ0n) is 36.8. The van der Waals surface area contributed by atoms with Crippen molar-refractivity contribution in [3.8, 4) is 0 Å². The Kier molecular flexibility index (Phi) is 24.3. The monoisotopic (exact) mass is 981 g/mol. The minimum Gasteiger partial charge on any atom is -0.508 e. The number of rotatable bonds is 24. The average Bonchev–Trinajstić information content (AvgIpc) is 4.09. The summed E-state index contributed by atoms with van der Waals surface area (Å²) >= 11 is 0. The molecule has 0 fully saturated rings. The number of hydrogen-bond donors (Lipinski definition) is 0. The second kappa shape index (κ2) is 28.8. The topological polar surface area (TPSA) is 43.5 Å². The predicted molar refractivity (Wildman–Crippen MR) is 231 cm³/mol. The van der Waals surface area contributed by atoms with Gasteiger partial charge in [0.2, 0.25) is 19.3 Å². The van der Waals surface area contributed by atoms with Crippen LogP contribution in [0.2, 0.25) is 0 Å². The zero-order chi connectivity index (χ0) is 40.5. The van der Waals surface area contributed by atoms with Gasteiger partial charge in [0.1, 0.15) is 12.4 Å². The fourth-order valence-corrected chi connectivity index (χ4v) is 6.45. The molecule has 12 nitrogen and oxygen atoms in total. The second-order valence-corrected chi connectivity index (χ2v) is 15.4. The number of nitrogens with zero attached hydrogens (tertiary/aromatic N) is 12. The molecule has 58 heavy (non-hydrogen) atoms. The Labute approximate surface area is 368 Å². The molecule has 2 aromatic rings. The van der Waals surface area contributed by atoms with E-state index in [4.69, 9.17) is 0 Å². The van der Waals surface area contributed by atoms with Crippen LogP contribution in [0.15, 0.2) is 80.7 Å². The van der Waals surface area contributed by atoms with E-state index in [0.29, 0.717) is 0 Å². The summed E-state index contributed by atoms with van der Waals surface area (Å²) in [4.78, 5) is 17.9. The Morgan fingerprint density at radius 3 is 1.19 bits per heavy atom. The van der Waals surface area contributed by atoms with Crippen molar-refractivity contribution < 1.29 is 30.2 Å². The fourth-order valence-electron chi connectivity index (χ4n) is 6.45. The summed E-state index contributed by atoms with van der Waals surface area (Å²) in [7, 11) is 0. The van der Waals surface area contributed by atoms with Crippen molar-refractivity contribution in [3.63, 3.8) is 0 Å². The van der Waals surface area contributed by atoms with E-state index in [1.165, 1.54) is 77.0 Å². The van der Waals surface area contributed by atoms with Crippen molar-refractivity contribution >= 4 is 0 Å². The summed E-state index contributed by atoms with van der Waals surface area (Å²) in [5, 5.41) is 0. The SMILES string of the molecule is CCCCN1C=CN(CN2C=CN(CCCC)[CH-]2)[CH-]1.CCCCN1C=CN(CN2C=CN(CCCC)[CH-]2)[CH-]1.CCCCn1[c-][n+](C[n+]2ccn(CCCC)c2)cc1.[Pt+4]. The van der Waals surface area contributed by atoms with Gasteiger partial charge in [-0.2, -0.15) is 26.7 Å². The molecule has 4 aliphatic rings. The number of imidazole rings is 2. The summed E-state index contributed by atoms with van der Waals surface area (Å²) in [6.45, 7) is 31.3. The van der Waals surface area contributed by atoms with Crippen LogP contribution in [0.5, 0.6) is 0 Å².